The van der Waals surface area contributed by atoms with Gasteiger partial charge in [0, 0.05) is 31.0 Å². The zero-order valence-corrected chi connectivity index (χ0v) is 14.1. The molecule has 1 aliphatic carbocycles. The Morgan fingerprint density at radius 3 is 2.41 bits per heavy atom. The van der Waals surface area contributed by atoms with E-state index < -0.39 is 5.92 Å². The van der Waals surface area contributed by atoms with Crippen LogP contribution < -0.4 is 4.74 Å². The number of rotatable bonds is 6. The molecule has 124 valence electrons. The number of hydrogen-bond acceptors (Lipinski definition) is 3. The second kappa shape index (κ2) is 6.49. The Kier molecular flexibility index (Phi) is 5.05. The minimum absolute atomic E-state index is 0.0747. The maximum Gasteiger partial charge on any atom is 0.249 e. The lowest BCUT2D eigenvalue weighted by Crippen LogP contribution is -2.43. The first-order chi connectivity index (χ1) is 10.2. The summed E-state index contributed by atoms with van der Waals surface area (Å²) >= 11 is 0. The summed E-state index contributed by atoms with van der Waals surface area (Å²) in [6.45, 7) is 6.74. The topological polar surface area (TPSA) is 25.4 Å². The molecule has 1 saturated carbocycles. The molecule has 1 atom stereocenters. The van der Waals surface area contributed by atoms with Crippen LogP contribution in [0.4, 0.5) is 8.78 Å². The number of ether oxygens (including phenoxy) is 1. The van der Waals surface area contributed by atoms with Crippen molar-refractivity contribution >= 4 is 0 Å². The van der Waals surface area contributed by atoms with Crippen molar-refractivity contribution in [3.63, 3.8) is 0 Å². The quantitative estimate of drug-likeness (QED) is 0.791. The molecule has 3 nitrogen and oxygen atoms in total. The van der Waals surface area contributed by atoms with E-state index in [0.717, 1.165) is 11.4 Å². The summed E-state index contributed by atoms with van der Waals surface area (Å²) in [6, 6.07) is 3.88. The minimum Gasteiger partial charge on any atom is -0.488 e. The van der Waals surface area contributed by atoms with Gasteiger partial charge in [-0.15, -0.1) is 0 Å². The SMILES string of the molecule is CC(C)c1ccc(OC(C)C2CC(F)(F)C2)c(CN(C)C)n1. The van der Waals surface area contributed by atoms with Gasteiger partial charge in [-0.3, -0.25) is 4.98 Å². The summed E-state index contributed by atoms with van der Waals surface area (Å²) in [5, 5.41) is 0. The van der Waals surface area contributed by atoms with E-state index in [1.807, 2.05) is 38.1 Å². The van der Waals surface area contributed by atoms with Gasteiger partial charge in [-0.2, -0.15) is 0 Å². The van der Waals surface area contributed by atoms with Crippen LogP contribution in [0.2, 0.25) is 0 Å². The largest absolute Gasteiger partial charge is 0.488 e. The van der Waals surface area contributed by atoms with E-state index in [1.54, 1.807) is 0 Å². The third-order valence-corrected chi connectivity index (χ3v) is 4.11. The molecule has 5 heteroatoms. The van der Waals surface area contributed by atoms with Gasteiger partial charge in [-0.1, -0.05) is 13.8 Å². The molecule has 0 spiro atoms. The van der Waals surface area contributed by atoms with Crippen molar-refractivity contribution in [1.29, 1.82) is 0 Å². The van der Waals surface area contributed by atoms with Crippen molar-refractivity contribution in [2.24, 2.45) is 5.92 Å². The van der Waals surface area contributed by atoms with Gasteiger partial charge in [0.1, 0.15) is 5.75 Å². The molecular weight excluding hydrogens is 286 g/mol. The Morgan fingerprint density at radius 1 is 1.27 bits per heavy atom. The van der Waals surface area contributed by atoms with Crippen molar-refractivity contribution in [1.82, 2.24) is 9.88 Å². The van der Waals surface area contributed by atoms with Crippen molar-refractivity contribution < 1.29 is 13.5 Å². The molecule has 1 aromatic rings. The number of halogens is 2. The lowest BCUT2D eigenvalue weighted by molar-refractivity contribution is -0.133. The Labute approximate surface area is 131 Å². The van der Waals surface area contributed by atoms with Gasteiger partial charge in [-0.05, 0) is 39.1 Å². The van der Waals surface area contributed by atoms with Crippen LogP contribution in [-0.2, 0) is 6.54 Å². The van der Waals surface area contributed by atoms with Crippen LogP contribution >= 0.6 is 0 Å². The van der Waals surface area contributed by atoms with Crippen molar-refractivity contribution in [3.8, 4) is 5.75 Å². The molecule has 0 saturated heterocycles. The van der Waals surface area contributed by atoms with E-state index >= 15 is 0 Å². The Hall–Kier alpha value is -1.23. The fraction of sp³-hybridized carbons (Fsp3) is 0.706. The molecule has 0 aromatic carbocycles. The number of pyridine rings is 1. The highest BCUT2D eigenvalue weighted by Gasteiger charge is 2.48. The molecule has 0 bridgehead atoms. The summed E-state index contributed by atoms with van der Waals surface area (Å²) < 4.78 is 32.0. The summed E-state index contributed by atoms with van der Waals surface area (Å²) in [5.74, 6) is -1.53. The van der Waals surface area contributed by atoms with Gasteiger partial charge in [0.05, 0.1) is 11.8 Å². The number of aromatic nitrogens is 1. The minimum atomic E-state index is -2.51. The number of nitrogens with zero attached hydrogens (tertiary/aromatic N) is 2. The van der Waals surface area contributed by atoms with E-state index in [-0.39, 0.29) is 24.9 Å². The highest BCUT2D eigenvalue weighted by Crippen LogP contribution is 2.45. The van der Waals surface area contributed by atoms with Crippen LogP contribution in [0.1, 0.15) is 50.9 Å². The molecule has 1 heterocycles. The number of hydrogen-bond donors (Lipinski definition) is 0. The fourth-order valence-electron chi connectivity index (χ4n) is 2.68. The van der Waals surface area contributed by atoms with Gasteiger partial charge in [-0.25, -0.2) is 8.78 Å². The van der Waals surface area contributed by atoms with Gasteiger partial charge in [0.2, 0.25) is 5.92 Å². The highest BCUT2D eigenvalue weighted by molar-refractivity contribution is 5.31. The Balaban J connectivity index is 2.11. The maximum atomic E-state index is 13.0. The van der Waals surface area contributed by atoms with E-state index in [4.69, 9.17) is 4.74 Å². The first kappa shape index (κ1) is 17.1. The molecule has 1 aliphatic rings. The standard InChI is InChI=1S/C17H26F2N2O/c1-11(2)14-6-7-16(15(20-14)10-21(4)5)22-12(3)13-8-17(18,19)9-13/h6-7,11-13H,8-10H2,1-5H3. The first-order valence-electron chi connectivity index (χ1n) is 7.87. The van der Waals surface area contributed by atoms with Gasteiger partial charge in [0.25, 0.3) is 0 Å². The molecule has 2 rings (SSSR count). The van der Waals surface area contributed by atoms with Gasteiger partial charge < -0.3 is 9.64 Å². The van der Waals surface area contributed by atoms with Crippen LogP contribution in [0.3, 0.4) is 0 Å². The summed E-state index contributed by atoms with van der Waals surface area (Å²) in [4.78, 5) is 6.71. The first-order valence-corrected chi connectivity index (χ1v) is 7.87. The molecule has 1 aromatic heterocycles. The molecule has 0 radical (unpaired) electrons. The van der Waals surface area contributed by atoms with E-state index in [2.05, 4.69) is 18.8 Å². The molecule has 0 N–H and O–H groups in total. The van der Waals surface area contributed by atoms with Gasteiger partial charge >= 0.3 is 0 Å². The third-order valence-electron chi connectivity index (χ3n) is 4.11. The molecule has 1 fully saturated rings. The fourth-order valence-corrected chi connectivity index (χ4v) is 2.68. The van der Waals surface area contributed by atoms with Crippen LogP contribution in [0.25, 0.3) is 0 Å². The molecule has 1 unspecified atom stereocenters. The average molecular weight is 312 g/mol. The zero-order valence-electron chi connectivity index (χ0n) is 14.1. The maximum absolute atomic E-state index is 13.0. The number of alkyl halides is 2. The van der Waals surface area contributed by atoms with Crippen LogP contribution in [-0.4, -0.2) is 36.0 Å². The molecule has 0 aliphatic heterocycles. The van der Waals surface area contributed by atoms with Crippen molar-refractivity contribution in [3.05, 3.63) is 23.5 Å². The zero-order chi connectivity index (χ0) is 16.5. The van der Waals surface area contributed by atoms with Crippen LogP contribution in [0.15, 0.2) is 12.1 Å². The van der Waals surface area contributed by atoms with Crippen LogP contribution in [0, 0.1) is 5.92 Å². The normalized spacial score (nSPS) is 19.3. The molecule has 0 amide bonds. The summed E-state index contributed by atoms with van der Waals surface area (Å²) in [7, 11) is 3.95. The second-order valence-corrected chi connectivity index (χ2v) is 6.92. The monoisotopic (exact) mass is 312 g/mol. The van der Waals surface area contributed by atoms with Crippen molar-refractivity contribution in [2.75, 3.05) is 14.1 Å². The smallest absolute Gasteiger partial charge is 0.249 e. The van der Waals surface area contributed by atoms with E-state index in [0.29, 0.717) is 18.2 Å². The van der Waals surface area contributed by atoms with E-state index in [1.165, 1.54) is 0 Å². The van der Waals surface area contributed by atoms with Crippen molar-refractivity contribution in [2.45, 2.75) is 58.1 Å². The Bertz CT molecular complexity index is 509. The third kappa shape index (κ3) is 4.15. The summed E-state index contributed by atoms with van der Waals surface area (Å²) in [5.41, 5.74) is 1.89. The summed E-state index contributed by atoms with van der Waals surface area (Å²) in [6.07, 6.45) is -0.365. The predicted molar refractivity (Wildman–Crippen MR) is 83.5 cm³/mol. The lowest BCUT2D eigenvalue weighted by atomic mass is 9.78. The predicted octanol–water partition coefficient (Wildman–Crippen LogP) is 4.08. The highest BCUT2D eigenvalue weighted by atomic mass is 19.3. The van der Waals surface area contributed by atoms with Crippen LogP contribution in [0.5, 0.6) is 5.75 Å². The van der Waals surface area contributed by atoms with Gasteiger partial charge in [0.15, 0.2) is 0 Å². The molecule has 22 heavy (non-hydrogen) atoms. The Morgan fingerprint density at radius 2 is 1.91 bits per heavy atom. The van der Waals surface area contributed by atoms with E-state index in [9.17, 15) is 8.78 Å². The lowest BCUT2D eigenvalue weighted by Gasteiger charge is -2.38. The molecular formula is C17H26F2N2O. The second-order valence-electron chi connectivity index (χ2n) is 6.92. The average Bonchev–Trinajstić information content (AvgIpc) is 2.36.